The minimum Gasteiger partial charge on any atom is -0.398 e. The van der Waals surface area contributed by atoms with E-state index in [2.05, 4.69) is 18.4 Å². The first kappa shape index (κ1) is 15.9. The molecule has 0 radical (unpaired) electrons. The summed E-state index contributed by atoms with van der Waals surface area (Å²) in [6.45, 7) is 7.19. The number of Topliss-reactive ketones (excluding diaryl/α,β-unsaturated/α-hetero) is 1. The van der Waals surface area contributed by atoms with E-state index in [1.807, 2.05) is 0 Å². The van der Waals surface area contributed by atoms with Crippen LogP contribution in [0.25, 0.3) is 0 Å². The van der Waals surface area contributed by atoms with Gasteiger partial charge in [0, 0.05) is 41.0 Å². The summed E-state index contributed by atoms with van der Waals surface area (Å²) >= 11 is 5.84. The van der Waals surface area contributed by atoms with Crippen molar-refractivity contribution in [3.8, 4) is 0 Å². The fourth-order valence-electron chi connectivity index (χ4n) is 2.79. The zero-order valence-electron chi connectivity index (χ0n) is 12.3. The molecule has 0 spiro atoms. The van der Waals surface area contributed by atoms with E-state index in [9.17, 15) is 4.79 Å². The Hall–Kier alpha value is -1.52. The van der Waals surface area contributed by atoms with Gasteiger partial charge in [0.1, 0.15) is 0 Å². The van der Waals surface area contributed by atoms with Crippen LogP contribution in [0.5, 0.6) is 0 Å². The molecule has 1 heterocycles. The van der Waals surface area contributed by atoms with E-state index in [0.717, 1.165) is 25.1 Å². The van der Waals surface area contributed by atoms with Crippen LogP contribution in [0.3, 0.4) is 0 Å². The molecule has 0 aliphatic carbocycles. The van der Waals surface area contributed by atoms with E-state index in [4.69, 9.17) is 23.1 Å². The number of nitrogens with two attached hydrogens (primary N) is 2. The zero-order valence-corrected chi connectivity index (χ0v) is 13.1. The third kappa shape index (κ3) is 3.57. The van der Waals surface area contributed by atoms with Crippen LogP contribution in [0.2, 0.25) is 5.02 Å². The number of hydrogen-bond acceptors (Lipinski definition) is 4. The number of carbonyl (C=O) groups is 1. The standard InChI is InChI=1S/C16H22ClN3O/c1-10-4-3-7-20(10)11(2)14(18)9-16(21)13-6-5-12(17)8-15(13)19/h5-6,8,10,14H,2-4,7,9,18-19H2,1H3/t10-,14?/m1/s1. The Kier molecular flexibility index (Phi) is 4.91. The number of rotatable bonds is 5. The summed E-state index contributed by atoms with van der Waals surface area (Å²) in [5, 5.41) is 0.517. The zero-order chi connectivity index (χ0) is 15.6. The van der Waals surface area contributed by atoms with Crippen LogP contribution in [0.4, 0.5) is 5.69 Å². The maximum atomic E-state index is 12.3. The average molecular weight is 308 g/mol. The van der Waals surface area contributed by atoms with Crippen molar-refractivity contribution in [2.45, 2.75) is 38.3 Å². The maximum Gasteiger partial charge on any atom is 0.166 e. The van der Waals surface area contributed by atoms with Gasteiger partial charge in [-0.2, -0.15) is 0 Å². The second-order valence-corrected chi connectivity index (χ2v) is 6.08. The van der Waals surface area contributed by atoms with Crippen molar-refractivity contribution in [2.24, 2.45) is 5.73 Å². The number of likely N-dealkylation sites (tertiary alicyclic amines) is 1. The molecular formula is C16H22ClN3O. The lowest BCUT2D eigenvalue weighted by Gasteiger charge is -2.29. The third-order valence-corrected chi connectivity index (χ3v) is 4.30. The fraction of sp³-hybridized carbons (Fsp3) is 0.438. The number of nitrogens with zero attached hydrogens (tertiary/aromatic N) is 1. The SMILES string of the molecule is C=C(C(N)CC(=O)c1ccc(Cl)cc1N)N1CCC[C@H]1C. The van der Waals surface area contributed by atoms with Gasteiger partial charge >= 0.3 is 0 Å². The molecule has 4 nitrogen and oxygen atoms in total. The molecule has 4 N–H and O–H groups in total. The highest BCUT2D eigenvalue weighted by Gasteiger charge is 2.26. The van der Waals surface area contributed by atoms with Gasteiger partial charge in [-0.15, -0.1) is 0 Å². The Balaban J connectivity index is 2.03. The fourth-order valence-corrected chi connectivity index (χ4v) is 2.97. The van der Waals surface area contributed by atoms with E-state index >= 15 is 0 Å². The minimum absolute atomic E-state index is 0.0790. The highest BCUT2D eigenvalue weighted by atomic mass is 35.5. The van der Waals surface area contributed by atoms with Gasteiger partial charge in [0.15, 0.2) is 5.78 Å². The number of anilines is 1. The molecule has 1 aliphatic heterocycles. The first-order valence-electron chi connectivity index (χ1n) is 7.19. The van der Waals surface area contributed by atoms with Crippen molar-refractivity contribution >= 4 is 23.1 Å². The van der Waals surface area contributed by atoms with Crippen LogP contribution < -0.4 is 11.5 Å². The molecule has 1 fully saturated rings. The number of ketones is 1. The molecule has 1 saturated heterocycles. The van der Waals surface area contributed by atoms with Crippen molar-refractivity contribution in [1.29, 1.82) is 0 Å². The molecule has 1 unspecified atom stereocenters. The van der Waals surface area contributed by atoms with Crippen molar-refractivity contribution in [1.82, 2.24) is 4.90 Å². The molecule has 1 aliphatic rings. The Labute approximate surface area is 130 Å². The second-order valence-electron chi connectivity index (χ2n) is 5.64. The third-order valence-electron chi connectivity index (χ3n) is 4.07. The molecule has 21 heavy (non-hydrogen) atoms. The van der Waals surface area contributed by atoms with Gasteiger partial charge in [-0.25, -0.2) is 0 Å². The van der Waals surface area contributed by atoms with E-state index in [0.29, 0.717) is 22.3 Å². The lowest BCUT2D eigenvalue weighted by molar-refractivity contribution is 0.0974. The van der Waals surface area contributed by atoms with E-state index < -0.39 is 0 Å². The number of nitrogen functional groups attached to an aromatic ring is 1. The highest BCUT2D eigenvalue weighted by Crippen LogP contribution is 2.25. The van der Waals surface area contributed by atoms with E-state index in [1.54, 1.807) is 18.2 Å². The number of benzene rings is 1. The van der Waals surface area contributed by atoms with Crippen molar-refractivity contribution < 1.29 is 4.79 Å². The summed E-state index contributed by atoms with van der Waals surface area (Å²) in [5.74, 6) is -0.0790. The number of carbonyl (C=O) groups excluding carboxylic acids is 1. The smallest absolute Gasteiger partial charge is 0.166 e. The molecule has 0 saturated carbocycles. The monoisotopic (exact) mass is 307 g/mol. The van der Waals surface area contributed by atoms with Gasteiger partial charge in [0.25, 0.3) is 0 Å². The van der Waals surface area contributed by atoms with Crippen LogP contribution in [0.1, 0.15) is 36.5 Å². The van der Waals surface area contributed by atoms with Crippen LogP contribution >= 0.6 is 11.6 Å². The highest BCUT2D eigenvalue weighted by molar-refractivity contribution is 6.31. The second kappa shape index (κ2) is 6.50. The van der Waals surface area contributed by atoms with Gasteiger partial charge in [-0.1, -0.05) is 18.2 Å². The van der Waals surface area contributed by atoms with Gasteiger partial charge in [0.2, 0.25) is 0 Å². The van der Waals surface area contributed by atoms with E-state index in [1.165, 1.54) is 0 Å². The summed E-state index contributed by atoms with van der Waals surface area (Å²) in [4.78, 5) is 14.5. The van der Waals surface area contributed by atoms with Gasteiger partial charge < -0.3 is 16.4 Å². The number of halogens is 1. The molecule has 5 heteroatoms. The van der Waals surface area contributed by atoms with Gasteiger partial charge in [-0.05, 0) is 38.0 Å². The van der Waals surface area contributed by atoms with Crippen molar-refractivity contribution in [3.63, 3.8) is 0 Å². The molecule has 0 bridgehead atoms. The van der Waals surface area contributed by atoms with Crippen LogP contribution in [0, 0.1) is 0 Å². The predicted octanol–water partition coefficient (Wildman–Crippen LogP) is 2.82. The Morgan fingerprint density at radius 2 is 2.29 bits per heavy atom. The topological polar surface area (TPSA) is 72.3 Å². The molecular weight excluding hydrogens is 286 g/mol. The number of hydrogen-bond donors (Lipinski definition) is 2. The molecule has 2 atom stereocenters. The van der Waals surface area contributed by atoms with Gasteiger partial charge in [0.05, 0.1) is 6.04 Å². The molecule has 114 valence electrons. The van der Waals surface area contributed by atoms with Gasteiger partial charge in [-0.3, -0.25) is 4.79 Å². The average Bonchev–Trinajstić information content (AvgIpc) is 2.83. The first-order chi connectivity index (χ1) is 9.90. The maximum absolute atomic E-state index is 12.3. The summed E-state index contributed by atoms with van der Waals surface area (Å²) in [5.41, 5.74) is 13.7. The van der Waals surface area contributed by atoms with Crippen LogP contribution in [-0.4, -0.2) is 29.3 Å². The Morgan fingerprint density at radius 1 is 1.57 bits per heavy atom. The summed E-state index contributed by atoms with van der Waals surface area (Å²) < 4.78 is 0. The summed E-state index contributed by atoms with van der Waals surface area (Å²) in [6.07, 6.45) is 2.49. The summed E-state index contributed by atoms with van der Waals surface area (Å²) in [7, 11) is 0. The van der Waals surface area contributed by atoms with Crippen LogP contribution in [-0.2, 0) is 0 Å². The lowest BCUT2D eigenvalue weighted by atomic mass is 10.0. The predicted molar refractivity (Wildman–Crippen MR) is 87.3 cm³/mol. The molecule has 0 amide bonds. The minimum atomic E-state index is -0.381. The normalized spacial score (nSPS) is 19.6. The first-order valence-corrected chi connectivity index (χ1v) is 7.57. The summed E-state index contributed by atoms with van der Waals surface area (Å²) in [6, 6.07) is 4.95. The molecule has 1 aromatic carbocycles. The van der Waals surface area contributed by atoms with Crippen LogP contribution in [0.15, 0.2) is 30.5 Å². The lowest BCUT2D eigenvalue weighted by Crippen LogP contribution is -2.37. The molecule has 0 aromatic heterocycles. The molecule has 1 aromatic rings. The largest absolute Gasteiger partial charge is 0.398 e. The Morgan fingerprint density at radius 3 is 2.86 bits per heavy atom. The Bertz CT molecular complexity index is 558. The van der Waals surface area contributed by atoms with Crippen molar-refractivity contribution in [2.75, 3.05) is 12.3 Å². The van der Waals surface area contributed by atoms with Crippen molar-refractivity contribution in [3.05, 3.63) is 41.1 Å². The molecule has 2 rings (SSSR count). The van der Waals surface area contributed by atoms with E-state index in [-0.39, 0.29) is 18.2 Å². The quantitative estimate of drug-likeness (QED) is 0.648.